The van der Waals surface area contributed by atoms with Gasteiger partial charge in [0.25, 0.3) is 0 Å². The number of hydrogen-bond acceptors (Lipinski definition) is 6. The highest BCUT2D eigenvalue weighted by molar-refractivity contribution is 7.91. The van der Waals surface area contributed by atoms with Crippen LogP contribution in [0.4, 0.5) is 13.6 Å². The molecule has 0 bridgehead atoms. The zero-order valence-electron chi connectivity index (χ0n) is 25.2. The number of rotatable bonds is 9. The number of nitrogens with zero attached hydrogens (tertiary/aromatic N) is 3. The van der Waals surface area contributed by atoms with Crippen LogP contribution in [0, 0.1) is 17.6 Å². The van der Waals surface area contributed by atoms with E-state index in [-0.39, 0.29) is 28.9 Å². The van der Waals surface area contributed by atoms with E-state index in [0.717, 1.165) is 12.1 Å². The fourth-order valence-corrected chi connectivity index (χ4v) is 7.69. The van der Waals surface area contributed by atoms with Crippen LogP contribution in [0.3, 0.4) is 0 Å². The summed E-state index contributed by atoms with van der Waals surface area (Å²) in [5, 5.41) is 0.308. The van der Waals surface area contributed by atoms with Crippen LogP contribution in [0.5, 0.6) is 0 Å². The Bertz CT molecular complexity index is 1520. The molecule has 1 aliphatic heterocycles. The summed E-state index contributed by atoms with van der Waals surface area (Å²) in [4.78, 5) is 18.6. The van der Waals surface area contributed by atoms with E-state index in [1.165, 1.54) is 24.4 Å². The number of amides is 1. The molecule has 42 heavy (non-hydrogen) atoms. The number of halogens is 2. The first kappa shape index (κ1) is 32.1. The van der Waals surface area contributed by atoms with Crippen molar-refractivity contribution < 1.29 is 31.5 Å². The van der Waals surface area contributed by atoms with Crippen LogP contribution in [0.15, 0.2) is 41.6 Å². The van der Waals surface area contributed by atoms with Crippen molar-refractivity contribution in [2.45, 2.75) is 76.5 Å². The van der Waals surface area contributed by atoms with E-state index >= 15 is 0 Å². The average Bonchev–Trinajstić information content (AvgIpc) is 3.23. The number of benzene rings is 1. The van der Waals surface area contributed by atoms with Gasteiger partial charge in [-0.25, -0.2) is 27.0 Å². The molecule has 0 atom stereocenters. The lowest BCUT2D eigenvalue weighted by atomic mass is 9.99. The zero-order chi connectivity index (χ0) is 30.9. The summed E-state index contributed by atoms with van der Waals surface area (Å²) in [6.07, 6.45) is 3.72. The molecule has 0 radical (unpaired) electrons. The fraction of sp³-hybridized carbons (Fsp3) is 0.533. The third-order valence-corrected chi connectivity index (χ3v) is 10.8. The van der Waals surface area contributed by atoms with Gasteiger partial charge in [0.1, 0.15) is 29.6 Å². The molecule has 8 nitrogen and oxygen atoms in total. The van der Waals surface area contributed by atoms with Gasteiger partial charge in [0.05, 0.1) is 10.6 Å². The maximum Gasteiger partial charge on any atom is 0.410 e. The standard InChI is InChI=1S/C30H41F2N3O5SSi/c1-30(2,3)40-29(36)34-11-8-21(9-12-34)19-41(37,38)26-7-10-33-28-27(26)25(22-15-23(31)17-24(32)16-22)18-35(28)20-39-13-14-42(4,5)6/h7,10,15-18,21H,8-9,11-14,19-20H2,1-6H3. The van der Waals surface area contributed by atoms with Crippen molar-refractivity contribution in [2.75, 3.05) is 25.4 Å². The van der Waals surface area contributed by atoms with Crippen molar-refractivity contribution >= 4 is 35.0 Å². The summed E-state index contributed by atoms with van der Waals surface area (Å²) in [5.41, 5.74) is 0.336. The van der Waals surface area contributed by atoms with Gasteiger partial charge in [0.2, 0.25) is 0 Å². The molecule has 1 saturated heterocycles. The largest absolute Gasteiger partial charge is 0.444 e. The quantitative estimate of drug-likeness (QED) is 0.195. The third-order valence-electron chi connectivity index (χ3n) is 7.18. The molecule has 3 aromatic rings. The molecule has 0 unspecified atom stereocenters. The van der Waals surface area contributed by atoms with Crippen LogP contribution in [-0.4, -0.2) is 68.1 Å². The Hall–Kier alpha value is -2.83. The lowest BCUT2D eigenvalue weighted by Gasteiger charge is -2.33. The smallest absolute Gasteiger partial charge is 0.410 e. The first-order valence-electron chi connectivity index (χ1n) is 14.3. The van der Waals surface area contributed by atoms with Crippen LogP contribution < -0.4 is 0 Å². The Balaban J connectivity index is 1.63. The molecule has 1 aromatic carbocycles. The van der Waals surface area contributed by atoms with Crippen LogP contribution in [0.1, 0.15) is 33.6 Å². The molecule has 0 aliphatic carbocycles. The van der Waals surface area contributed by atoms with Crippen molar-refractivity contribution in [3.8, 4) is 11.1 Å². The molecule has 230 valence electrons. The number of fused-ring (bicyclic) bond motifs is 1. The number of carbonyl (C=O) groups is 1. The summed E-state index contributed by atoms with van der Waals surface area (Å²) in [5.74, 6) is -1.81. The minimum atomic E-state index is -3.85. The average molecular weight is 622 g/mol. The lowest BCUT2D eigenvalue weighted by Crippen LogP contribution is -2.42. The van der Waals surface area contributed by atoms with Crippen molar-refractivity contribution in [3.05, 3.63) is 48.3 Å². The van der Waals surface area contributed by atoms with E-state index < -0.39 is 41.2 Å². The predicted molar refractivity (Wildman–Crippen MR) is 162 cm³/mol. The Morgan fingerprint density at radius 2 is 1.74 bits per heavy atom. The highest BCUT2D eigenvalue weighted by atomic mass is 32.2. The Labute approximate surface area is 247 Å². The molecule has 3 heterocycles. The maximum atomic E-state index is 14.3. The molecular weight excluding hydrogens is 580 g/mol. The molecule has 0 spiro atoms. The number of hydrogen-bond donors (Lipinski definition) is 0. The Morgan fingerprint density at radius 1 is 1.10 bits per heavy atom. The second-order valence-electron chi connectivity index (χ2n) is 13.2. The summed E-state index contributed by atoms with van der Waals surface area (Å²) >= 11 is 0. The van der Waals surface area contributed by atoms with E-state index in [4.69, 9.17) is 9.47 Å². The molecular formula is C30H41F2N3O5SSi. The van der Waals surface area contributed by atoms with E-state index in [9.17, 15) is 22.0 Å². The molecule has 1 amide bonds. The van der Waals surface area contributed by atoms with Crippen LogP contribution in [0.25, 0.3) is 22.2 Å². The van der Waals surface area contributed by atoms with Gasteiger partial charge in [-0.1, -0.05) is 19.6 Å². The first-order valence-corrected chi connectivity index (χ1v) is 19.6. The molecule has 0 N–H and O–H groups in total. The monoisotopic (exact) mass is 621 g/mol. The fourth-order valence-electron chi connectivity index (χ4n) is 5.02. The van der Waals surface area contributed by atoms with Gasteiger partial charge in [0, 0.05) is 57.2 Å². The number of sulfone groups is 1. The number of pyridine rings is 1. The zero-order valence-corrected chi connectivity index (χ0v) is 27.1. The number of piperidine rings is 1. The number of aromatic nitrogens is 2. The van der Waals surface area contributed by atoms with E-state index in [0.29, 0.717) is 49.1 Å². The van der Waals surface area contributed by atoms with Gasteiger partial charge in [-0.2, -0.15) is 0 Å². The SMILES string of the molecule is CC(C)(C)OC(=O)N1CCC(CS(=O)(=O)c2ccnc3c2c(-c2cc(F)cc(F)c2)cn3COCC[Si](C)(C)C)CC1. The second-order valence-corrected chi connectivity index (χ2v) is 20.8. The molecule has 1 aliphatic rings. The minimum Gasteiger partial charge on any atom is -0.444 e. The first-order chi connectivity index (χ1) is 19.5. The maximum absolute atomic E-state index is 14.3. The molecule has 0 saturated carbocycles. The topological polar surface area (TPSA) is 90.7 Å². The summed E-state index contributed by atoms with van der Waals surface area (Å²) in [7, 11) is -5.17. The lowest BCUT2D eigenvalue weighted by molar-refractivity contribution is 0.0191. The van der Waals surface area contributed by atoms with E-state index in [1.54, 1.807) is 36.4 Å². The van der Waals surface area contributed by atoms with E-state index in [1.807, 2.05) is 0 Å². The highest BCUT2D eigenvalue weighted by Gasteiger charge is 2.31. The highest BCUT2D eigenvalue weighted by Crippen LogP contribution is 2.36. The predicted octanol–water partition coefficient (Wildman–Crippen LogP) is 6.71. The Kier molecular flexibility index (Phi) is 9.49. The Morgan fingerprint density at radius 3 is 2.33 bits per heavy atom. The van der Waals surface area contributed by atoms with Gasteiger partial charge in [-0.15, -0.1) is 0 Å². The van der Waals surface area contributed by atoms with Gasteiger partial charge in [0.15, 0.2) is 9.84 Å². The van der Waals surface area contributed by atoms with Gasteiger partial charge >= 0.3 is 6.09 Å². The molecule has 12 heteroatoms. The minimum absolute atomic E-state index is 0.0580. The summed E-state index contributed by atoms with van der Waals surface area (Å²) < 4.78 is 69.4. The van der Waals surface area contributed by atoms with Gasteiger partial charge < -0.3 is 18.9 Å². The van der Waals surface area contributed by atoms with Crippen molar-refractivity contribution in [3.63, 3.8) is 0 Å². The molecule has 1 fully saturated rings. The van der Waals surface area contributed by atoms with Crippen LogP contribution in [0.2, 0.25) is 25.7 Å². The normalized spacial score (nSPS) is 15.4. The van der Waals surface area contributed by atoms with Crippen molar-refractivity contribution in [1.82, 2.24) is 14.5 Å². The number of carbonyl (C=O) groups excluding carboxylic acids is 1. The van der Waals surface area contributed by atoms with Crippen LogP contribution >= 0.6 is 0 Å². The van der Waals surface area contributed by atoms with Crippen LogP contribution in [-0.2, 0) is 26.0 Å². The van der Waals surface area contributed by atoms with Crippen molar-refractivity contribution in [2.24, 2.45) is 5.92 Å². The summed E-state index contributed by atoms with van der Waals surface area (Å²) in [6.45, 7) is 13.6. The van der Waals surface area contributed by atoms with Crippen molar-refractivity contribution in [1.29, 1.82) is 0 Å². The molecule has 2 aromatic heterocycles. The summed E-state index contributed by atoms with van der Waals surface area (Å²) in [6, 6.07) is 5.55. The van der Waals surface area contributed by atoms with Gasteiger partial charge in [-0.05, 0) is 69.3 Å². The van der Waals surface area contributed by atoms with Gasteiger partial charge in [-0.3, -0.25) is 0 Å². The number of likely N-dealkylation sites (tertiary alicyclic amines) is 1. The second kappa shape index (κ2) is 12.4. The molecule has 4 rings (SSSR count). The number of ether oxygens (including phenoxy) is 2. The van der Waals surface area contributed by atoms with E-state index in [2.05, 4.69) is 24.6 Å². The third kappa shape index (κ3) is 8.16.